The molecule has 0 rings (SSSR count). The molecule has 0 aliphatic rings. The third-order valence-electron chi connectivity index (χ3n) is 7.86. The number of hydrogen-bond acceptors (Lipinski definition) is 5. The summed E-state index contributed by atoms with van der Waals surface area (Å²) in [6, 6.07) is 0. The van der Waals surface area contributed by atoms with Crippen molar-refractivity contribution in [1.82, 2.24) is 0 Å². The molecule has 0 saturated heterocycles. The molecule has 0 aliphatic carbocycles. The van der Waals surface area contributed by atoms with Gasteiger partial charge in [0.05, 0.1) is 6.61 Å². The third kappa shape index (κ3) is 35.6. The van der Waals surface area contributed by atoms with Crippen LogP contribution < -0.4 is 0 Å². The van der Waals surface area contributed by atoms with E-state index in [4.69, 9.17) is 14.5 Å². The number of aliphatic hydroxyl groups excluding tert-OH is 1. The summed E-state index contributed by atoms with van der Waals surface area (Å²) < 4.78 is 19.6. The van der Waals surface area contributed by atoms with Crippen LogP contribution in [0.25, 0.3) is 0 Å². The Balaban J connectivity index is 3.19. The van der Waals surface area contributed by atoms with Crippen LogP contribution in [0.1, 0.15) is 187 Å². The van der Waals surface area contributed by atoms with Gasteiger partial charge in [-0.1, -0.05) is 174 Å². The topological polar surface area (TPSA) is 113 Å². The SMILES string of the molecule is CCCCCCCCCCCCCCCCCCCCCCCCCCCCCC(=O)OCC(O)COP(=O)(O)O. The number of rotatable bonds is 33. The van der Waals surface area contributed by atoms with E-state index in [2.05, 4.69) is 11.4 Å². The highest BCUT2D eigenvalue weighted by Gasteiger charge is 2.17. The summed E-state index contributed by atoms with van der Waals surface area (Å²) in [6.45, 7) is 1.39. The number of ether oxygens (including phenoxy) is 1. The molecule has 246 valence electrons. The molecule has 0 aromatic heterocycles. The molecule has 1 atom stereocenters. The van der Waals surface area contributed by atoms with Crippen LogP contribution in [0.5, 0.6) is 0 Å². The van der Waals surface area contributed by atoms with Crippen LogP contribution in [-0.2, 0) is 18.6 Å². The lowest BCUT2D eigenvalue weighted by atomic mass is 10.0. The van der Waals surface area contributed by atoms with Crippen molar-refractivity contribution in [3.05, 3.63) is 0 Å². The van der Waals surface area contributed by atoms with Crippen molar-refractivity contribution in [2.75, 3.05) is 13.2 Å². The minimum absolute atomic E-state index is 0.297. The van der Waals surface area contributed by atoms with Gasteiger partial charge in [0.1, 0.15) is 12.7 Å². The standard InChI is InChI=1S/C33H67O7P/c1-2-3-4-5-6-7-8-9-10-11-12-13-14-15-16-17-18-19-20-21-22-23-24-25-26-27-28-29-33(35)39-30-32(34)31-40-41(36,37)38/h32,34H,2-31H2,1H3,(H2,36,37,38). The Labute approximate surface area is 253 Å². The molecular formula is C33H67O7P. The van der Waals surface area contributed by atoms with Crippen LogP contribution in [0, 0.1) is 0 Å². The molecule has 0 amide bonds. The number of aliphatic hydroxyl groups is 1. The van der Waals surface area contributed by atoms with Crippen molar-refractivity contribution in [2.45, 2.75) is 193 Å². The van der Waals surface area contributed by atoms with Gasteiger partial charge in [0.15, 0.2) is 0 Å². The maximum Gasteiger partial charge on any atom is 0.469 e. The molecule has 0 bridgehead atoms. The quantitative estimate of drug-likeness (QED) is 0.0387. The fourth-order valence-corrected chi connectivity index (χ4v) is 5.62. The lowest BCUT2D eigenvalue weighted by Gasteiger charge is -2.12. The number of carbonyl (C=O) groups excluding carboxylic acids is 1. The first kappa shape index (κ1) is 40.5. The summed E-state index contributed by atoms with van der Waals surface area (Å²) >= 11 is 0. The maximum atomic E-state index is 11.7. The Morgan fingerprint density at radius 2 is 0.829 bits per heavy atom. The Morgan fingerprint density at radius 3 is 1.12 bits per heavy atom. The molecule has 8 heteroatoms. The Morgan fingerprint density at radius 1 is 0.537 bits per heavy atom. The van der Waals surface area contributed by atoms with Crippen molar-refractivity contribution in [1.29, 1.82) is 0 Å². The van der Waals surface area contributed by atoms with E-state index in [0.29, 0.717) is 6.42 Å². The second-order valence-electron chi connectivity index (χ2n) is 12.1. The average Bonchev–Trinajstić information content (AvgIpc) is 2.94. The molecule has 3 N–H and O–H groups in total. The normalized spacial score (nSPS) is 12.6. The van der Waals surface area contributed by atoms with Gasteiger partial charge in [0, 0.05) is 6.42 Å². The second kappa shape index (κ2) is 31.0. The second-order valence-corrected chi connectivity index (χ2v) is 13.3. The molecule has 7 nitrogen and oxygen atoms in total. The maximum absolute atomic E-state index is 11.7. The number of unbranched alkanes of at least 4 members (excludes halogenated alkanes) is 26. The number of hydrogen-bond donors (Lipinski definition) is 3. The molecule has 0 radical (unpaired) electrons. The summed E-state index contributed by atoms with van der Waals surface area (Å²) in [4.78, 5) is 28.8. The molecule has 0 heterocycles. The predicted octanol–water partition coefficient (Wildman–Crippen LogP) is 9.94. The molecule has 0 spiro atoms. The smallest absolute Gasteiger partial charge is 0.463 e. The minimum Gasteiger partial charge on any atom is -0.463 e. The Hall–Kier alpha value is -0.460. The summed E-state index contributed by atoms with van der Waals surface area (Å²) in [7, 11) is -4.62. The fourth-order valence-electron chi connectivity index (χ4n) is 5.25. The number of esters is 1. The lowest BCUT2D eigenvalue weighted by molar-refractivity contribution is -0.147. The van der Waals surface area contributed by atoms with Crippen molar-refractivity contribution in [3.8, 4) is 0 Å². The number of carbonyl (C=O) groups is 1. The van der Waals surface area contributed by atoms with Gasteiger partial charge < -0.3 is 19.6 Å². The first-order valence-corrected chi connectivity index (χ1v) is 18.9. The molecule has 41 heavy (non-hydrogen) atoms. The van der Waals surface area contributed by atoms with Gasteiger partial charge in [-0.05, 0) is 6.42 Å². The molecule has 0 fully saturated rings. The van der Waals surface area contributed by atoms with Crippen molar-refractivity contribution >= 4 is 13.8 Å². The zero-order chi connectivity index (χ0) is 30.3. The Bertz CT molecular complexity index is 596. The van der Waals surface area contributed by atoms with Crippen LogP contribution in [0.3, 0.4) is 0 Å². The first-order chi connectivity index (χ1) is 19.8. The zero-order valence-electron chi connectivity index (χ0n) is 26.7. The van der Waals surface area contributed by atoms with E-state index >= 15 is 0 Å². The number of phosphoric ester groups is 1. The highest BCUT2D eigenvalue weighted by molar-refractivity contribution is 7.46. The van der Waals surface area contributed by atoms with E-state index in [0.717, 1.165) is 19.3 Å². The predicted molar refractivity (Wildman–Crippen MR) is 170 cm³/mol. The van der Waals surface area contributed by atoms with Crippen LogP contribution in [-0.4, -0.2) is 40.2 Å². The summed E-state index contributed by atoms with van der Waals surface area (Å²) in [5, 5.41) is 9.49. The first-order valence-electron chi connectivity index (χ1n) is 17.4. The van der Waals surface area contributed by atoms with E-state index in [9.17, 15) is 14.5 Å². The molecule has 0 saturated carbocycles. The fraction of sp³-hybridized carbons (Fsp3) is 0.970. The zero-order valence-corrected chi connectivity index (χ0v) is 27.6. The lowest BCUT2D eigenvalue weighted by Crippen LogP contribution is -2.23. The molecule has 0 aromatic carbocycles. The third-order valence-corrected chi connectivity index (χ3v) is 8.34. The molecule has 0 aliphatic heterocycles. The minimum atomic E-state index is -4.62. The summed E-state index contributed by atoms with van der Waals surface area (Å²) in [6.07, 6.45) is 35.5. The Kier molecular flexibility index (Phi) is 30.6. The van der Waals surface area contributed by atoms with Crippen LogP contribution in [0.2, 0.25) is 0 Å². The van der Waals surface area contributed by atoms with Gasteiger partial charge in [-0.3, -0.25) is 9.32 Å². The van der Waals surface area contributed by atoms with E-state index in [-0.39, 0.29) is 6.61 Å². The van der Waals surface area contributed by atoms with E-state index < -0.39 is 26.5 Å². The van der Waals surface area contributed by atoms with Gasteiger partial charge in [0.25, 0.3) is 0 Å². The average molecular weight is 607 g/mol. The molecular weight excluding hydrogens is 539 g/mol. The van der Waals surface area contributed by atoms with Gasteiger partial charge in [-0.2, -0.15) is 0 Å². The van der Waals surface area contributed by atoms with Crippen molar-refractivity contribution in [3.63, 3.8) is 0 Å². The van der Waals surface area contributed by atoms with Gasteiger partial charge >= 0.3 is 13.8 Å². The highest BCUT2D eigenvalue weighted by atomic mass is 31.2. The largest absolute Gasteiger partial charge is 0.469 e. The van der Waals surface area contributed by atoms with Gasteiger partial charge in [0.2, 0.25) is 0 Å². The molecule has 1 unspecified atom stereocenters. The summed E-state index contributed by atoms with van der Waals surface area (Å²) in [5.74, 6) is -0.403. The monoisotopic (exact) mass is 606 g/mol. The van der Waals surface area contributed by atoms with Crippen molar-refractivity contribution < 1.29 is 33.5 Å². The van der Waals surface area contributed by atoms with Crippen LogP contribution in [0.15, 0.2) is 0 Å². The number of phosphoric acid groups is 1. The van der Waals surface area contributed by atoms with Gasteiger partial charge in [-0.25, -0.2) is 4.57 Å². The van der Waals surface area contributed by atoms with Gasteiger partial charge in [-0.15, -0.1) is 0 Å². The van der Waals surface area contributed by atoms with E-state index in [1.54, 1.807) is 0 Å². The van der Waals surface area contributed by atoms with Crippen LogP contribution in [0.4, 0.5) is 0 Å². The van der Waals surface area contributed by atoms with E-state index in [1.807, 2.05) is 0 Å². The molecule has 0 aromatic rings. The summed E-state index contributed by atoms with van der Waals surface area (Å²) in [5.41, 5.74) is 0. The van der Waals surface area contributed by atoms with E-state index in [1.165, 1.54) is 154 Å². The highest BCUT2D eigenvalue weighted by Crippen LogP contribution is 2.35. The van der Waals surface area contributed by atoms with Crippen LogP contribution >= 0.6 is 7.82 Å². The van der Waals surface area contributed by atoms with Crippen molar-refractivity contribution in [2.24, 2.45) is 0 Å².